The Hall–Kier alpha value is 0.0539. The molecular formula is C6H7N2Y-. The molecule has 0 saturated heterocycles. The third-order valence-electron chi connectivity index (χ3n) is 0.855. The van der Waals surface area contributed by atoms with E-state index in [1.165, 1.54) is 0 Å². The summed E-state index contributed by atoms with van der Waals surface area (Å²) in [5.74, 6) is 0.454. The largest absolute Gasteiger partial charge is 0.399 e. The summed E-state index contributed by atoms with van der Waals surface area (Å²) in [5, 5.41) is 0. The van der Waals surface area contributed by atoms with Gasteiger partial charge in [0.15, 0.2) is 0 Å². The van der Waals surface area contributed by atoms with Crippen LogP contribution in [0.1, 0.15) is 5.56 Å². The second-order valence-electron chi connectivity index (χ2n) is 1.68. The number of anilines is 1. The second kappa shape index (κ2) is 3.96. The molecule has 1 rings (SSSR count). The van der Waals surface area contributed by atoms with Crippen molar-refractivity contribution in [1.29, 1.82) is 0 Å². The molecule has 0 aliphatic heterocycles. The van der Waals surface area contributed by atoms with Crippen LogP contribution in [0, 0.1) is 13.0 Å². The molecule has 2 nitrogen and oxygen atoms in total. The van der Waals surface area contributed by atoms with Crippen LogP contribution in [0.5, 0.6) is 0 Å². The zero-order valence-electron chi connectivity index (χ0n) is 5.26. The van der Waals surface area contributed by atoms with Gasteiger partial charge in [0.05, 0.1) is 0 Å². The molecule has 0 fully saturated rings. The quantitative estimate of drug-likeness (QED) is 0.622. The van der Waals surface area contributed by atoms with Crippen molar-refractivity contribution >= 4 is 5.82 Å². The Morgan fingerprint density at radius 3 is 2.67 bits per heavy atom. The second-order valence-corrected chi connectivity index (χ2v) is 1.68. The topological polar surface area (TPSA) is 38.9 Å². The minimum absolute atomic E-state index is 0. The molecule has 0 atom stereocenters. The number of nitrogens with zero attached hydrogens (tertiary/aromatic N) is 1. The van der Waals surface area contributed by atoms with Gasteiger partial charge in [-0.25, -0.2) is 12.1 Å². The maximum absolute atomic E-state index is 5.26. The summed E-state index contributed by atoms with van der Waals surface area (Å²) in [5.41, 5.74) is 6.34. The Balaban J connectivity index is 0.000000640. The van der Waals surface area contributed by atoms with Crippen LogP contribution < -0.4 is 5.73 Å². The molecule has 1 radical (unpaired) electrons. The van der Waals surface area contributed by atoms with E-state index in [9.17, 15) is 0 Å². The van der Waals surface area contributed by atoms with E-state index in [0.29, 0.717) is 5.82 Å². The van der Waals surface area contributed by atoms with Crippen LogP contribution in [0.2, 0.25) is 0 Å². The minimum atomic E-state index is 0. The third kappa shape index (κ3) is 2.92. The molecule has 9 heavy (non-hydrogen) atoms. The molecule has 1 aromatic rings. The first kappa shape index (κ1) is 9.05. The summed E-state index contributed by atoms with van der Waals surface area (Å²) in [6, 6.07) is 4.57. The zero-order chi connectivity index (χ0) is 5.98. The number of pyridine rings is 1. The molecule has 0 amide bonds. The first-order valence-electron chi connectivity index (χ1n) is 2.39. The molecule has 0 unspecified atom stereocenters. The minimum Gasteiger partial charge on any atom is -0.399 e. The molecule has 0 aliphatic rings. The van der Waals surface area contributed by atoms with Crippen molar-refractivity contribution in [2.75, 3.05) is 5.73 Å². The number of rotatable bonds is 0. The van der Waals surface area contributed by atoms with E-state index in [-0.39, 0.29) is 32.7 Å². The van der Waals surface area contributed by atoms with Gasteiger partial charge in [0.1, 0.15) is 0 Å². The van der Waals surface area contributed by atoms with Crippen molar-refractivity contribution in [3.63, 3.8) is 0 Å². The number of aryl methyl sites for hydroxylation is 1. The molecular weight excluding hydrogens is 189 g/mol. The molecule has 2 N–H and O–H groups in total. The first-order valence-corrected chi connectivity index (χ1v) is 2.39. The fourth-order valence-corrected chi connectivity index (χ4v) is 0.434. The van der Waals surface area contributed by atoms with Crippen LogP contribution in [0.15, 0.2) is 12.3 Å². The first-order chi connectivity index (χ1) is 3.79. The predicted molar refractivity (Wildman–Crippen MR) is 32.2 cm³/mol. The van der Waals surface area contributed by atoms with E-state index in [2.05, 4.69) is 11.1 Å². The summed E-state index contributed by atoms with van der Waals surface area (Å²) in [6.45, 7) is 1.95. The molecule has 0 aliphatic carbocycles. The van der Waals surface area contributed by atoms with Crippen LogP contribution in [0.4, 0.5) is 5.82 Å². The summed E-state index contributed by atoms with van der Waals surface area (Å²) in [6.07, 6.45) is 1.71. The van der Waals surface area contributed by atoms with E-state index < -0.39 is 0 Å². The standard InChI is InChI=1S/C6H7N2.Y/c1-5-2-3-6(7)8-4-5;/h2,4H,1H3,(H2,7,8);/q-1;. The van der Waals surface area contributed by atoms with Gasteiger partial charge in [-0.2, -0.15) is 5.56 Å². The van der Waals surface area contributed by atoms with Crippen molar-refractivity contribution in [1.82, 2.24) is 4.98 Å². The third-order valence-corrected chi connectivity index (χ3v) is 0.855. The Kier molecular flexibility index (Phi) is 3.99. The van der Waals surface area contributed by atoms with Crippen molar-refractivity contribution in [2.45, 2.75) is 6.92 Å². The van der Waals surface area contributed by atoms with E-state index >= 15 is 0 Å². The van der Waals surface area contributed by atoms with E-state index in [4.69, 9.17) is 5.73 Å². The van der Waals surface area contributed by atoms with Gasteiger partial charge in [0.25, 0.3) is 0 Å². The molecule has 45 valence electrons. The van der Waals surface area contributed by atoms with Crippen LogP contribution in [-0.4, -0.2) is 4.98 Å². The molecule has 0 bridgehead atoms. The summed E-state index contributed by atoms with van der Waals surface area (Å²) < 4.78 is 0. The Labute approximate surface area is 79.7 Å². The predicted octanol–water partition coefficient (Wildman–Crippen LogP) is 0.770. The molecule has 0 spiro atoms. The van der Waals surface area contributed by atoms with E-state index in [1.807, 2.05) is 13.0 Å². The number of hydrogen-bond donors (Lipinski definition) is 1. The molecule has 0 aromatic carbocycles. The SMILES string of the molecule is Cc1c[c-]c(N)nc1.[Y]. The van der Waals surface area contributed by atoms with Gasteiger partial charge in [-0.3, -0.25) is 4.98 Å². The molecule has 1 aromatic heterocycles. The fraction of sp³-hybridized carbons (Fsp3) is 0.167. The van der Waals surface area contributed by atoms with Gasteiger partial charge in [0.2, 0.25) is 0 Å². The van der Waals surface area contributed by atoms with Crippen LogP contribution >= 0.6 is 0 Å². The Bertz CT molecular complexity index is 150. The monoisotopic (exact) mass is 196 g/mol. The molecule has 0 saturated carbocycles. The van der Waals surface area contributed by atoms with Gasteiger partial charge < -0.3 is 5.73 Å². The van der Waals surface area contributed by atoms with E-state index in [0.717, 1.165) is 5.56 Å². The smallest absolute Gasteiger partial charge is 0.0283 e. The van der Waals surface area contributed by atoms with Crippen LogP contribution in [-0.2, 0) is 32.7 Å². The zero-order valence-corrected chi connectivity index (χ0v) is 8.09. The van der Waals surface area contributed by atoms with Crippen LogP contribution in [0.25, 0.3) is 0 Å². The van der Waals surface area contributed by atoms with Crippen molar-refractivity contribution < 1.29 is 32.7 Å². The maximum Gasteiger partial charge on any atom is 0.0283 e. The van der Waals surface area contributed by atoms with Crippen molar-refractivity contribution in [2.24, 2.45) is 0 Å². The maximum atomic E-state index is 5.26. The average molecular weight is 196 g/mol. The number of hydrogen-bond acceptors (Lipinski definition) is 2. The summed E-state index contributed by atoms with van der Waals surface area (Å²) in [4.78, 5) is 3.80. The number of aromatic nitrogens is 1. The molecule has 3 heteroatoms. The van der Waals surface area contributed by atoms with Gasteiger partial charge >= 0.3 is 0 Å². The number of nitrogens with two attached hydrogens (primary N) is 1. The van der Waals surface area contributed by atoms with Crippen LogP contribution in [0.3, 0.4) is 0 Å². The Morgan fingerprint density at radius 2 is 2.33 bits per heavy atom. The van der Waals surface area contributed by atoms with Crippen molar-refractivity contribution in [3.8, 4) is 0 Å². The summed E-state index contributed by atoms with van der Waals surface area (Å²) in [7, 11) is 0. The number of nitrogen functional groups attached to an aromatic ring is 1. The fourth-order valence-electron chi connectivity index (χ4n) is 0.434. The normalized spacial score (nSPS) is 8.11. The van der Waals surface area contributed by atoms with Gasteiger partial charge in [-0.05, 0) is 0 Å². The van der Waals surface area contributed by atoms with E-state index in [1.54, 1.807) is 6.20 Å². The average Bonchev–Trinajstić information content (AvgIpc) is 1.77. The van der Waals surface area contributed by atoms with Gasteiger partial charge in [-0.15, -0.1) is 6.92 Å². The Morgan fingerprint density at radius 1 is 1.67 bits per heavy atom. The molecule has 1 heterocycles. The van der Waals surface area contributed by atoms with Gasteiger partial charge in [-0.1, -0.05) is 6.20 Å². The van der Waals surface area contributed by atoms with Gasteiger partial charge in [0, 0.05) is 38.5 Å². The summed E-state index contributed by atoms with van der Waals surface area (Å²) >= 11 is 0. The van der Waals surface area contributed by atoms with Crippen molar-refractivity contribution in [3.05, 3.63) is 23.9 Å².